The van der Waals surface area contributed by atoms with Crippen molar-refractivity contribution in [1.29, 1.82) is 0 Å². The predicted molar refractivity (Wildman–Crippen MR) is 106 cm³/mol. The third-order valence-electron chi connectivity index (χ3n) is 6.33. The van der Waals surface area contributed by atoms with Gasteiger partial charge in [-0.1, -0.05) is 11.6 Å². The zero-order valence-electron chi connectivity index (χ0n) is 16.5. The number of amides is 2. The Hall–Kier alpha value is -2.76. The molecule has 1 aromatic carbocycles. The number of hydrogen-bond donors (Lipinski definition) is 1. The Kier molecular flexibility index (Phi) is 3.79. The molecule has 2 saturated heterocycles. The maximum Gasteiger partial charge on any atom is 0.246 e. The molecule has 4 heterocycles. The fraction of sp³-hybridized carbons (Fsp3) is 0.455. The summed E-state index contributed by atoms with van der Waals surface area (Å²) in [4.78, 5) is 33.8. The minimum atomic E-state index is -0.420. The van der Waals surface area contributed by atoms with E-state index in [-0.39, 0.29) is 23.9 Å². The van der Waals surface area contributed by atoms with Crippen LogP contribution in [-0.2, 0) is 16.0 Å². The number of aromatic amines is 1. The minimum absolute atomic E-state index is 0.0893. The predicted octanol–water partition coefficient (Wildman–Crippen LogP) is 2.94. The molecule has 0 spiro atoms. The van der Waals surface area contributed by atoms with Gasteiger partial charge >= 0.3 is 0 Å². The van der Waals surface area contributed by atoms with E-state index in [9.17, 15) is 9.59 Å². The van der Waals surface area contributed by atoms with Crippen molar-refractivity contribution in [3.63, 3.8) is 0 Å². The molecule has 0 saturated carbocycles. The molecule has 3 aliphatic rings. The van der Waals surface area contributed by atoms with E-state index in [0.29, 0.717) is 13.0 Å². The summed E-state index contributed by atoms with van der Waals surface area (Å²) in [6, 6.07) is 5.03. The molecule has 3 aliphatic heterocycles. The normalized spacial score (nSPS) is 26.2. The number of benzene rings is 1. The van der Waals surface area contributed by atoms with Crippen molar-refractivity contribution in [1.82, 2.24) is 14.8 Å². The van der Waals surface area contributed by atoms with Crippen LogP contribution in [-0.4, -0.2) is 52.3 Å². The Morgan fingerprint density at radius 1 is 1.21 bits per heavy atom. The first-order chi connectivity index (χ1) is 13.5. The van der Waals surface area contributed by atoms with Crippen molar-refractivity contribution in [2.75, 3.05) is 13.7 Å². The average molecular weight is 379 g/mol. The second-order valence-electron chi connectivity index (χ2n) is 8.27. The largest absolute Gasteiger partial charge is 0.497 e. The lowest BCUT2D eigenvalue weighted by Crippen LogP contribution is -2.65. The molecule has 0 unspecified atom stereocenters. The Morgan fingerprint density at radius 2 is 2.04 bits per heavy atom. The highest BCUT2D eigenvalue weighted by atomic mass is 16.5. The standard InChI is InChI=1S/C22H25N3O3/c1-12(2)9-18-20-15(14-7-6-13(28-3)10-16(14)23-20)11-19-21(26)24-8-4-5-17(24)22(27)25(18)19/h6-7,9-10,17-19,23H,4-5,8,11H2,1-3H3/t17-,18+,19-/m1/s1. The summed E-state index contributed by atoms with van der Waals surface area (Å²) >= 11 is 0. The summed E-state index contributed by atoms with van der Waals surface area (Å²) in [5.41, 5.74) is 4.27. The Labute approximate surface area is 164 Å². The van der Waals surface area contributed by atoms with Crippen LogP contribution in [0.1, 0.15) is 44.0 Å². The fourth-order valence-electron chi connectivity index (χ4n) is 5.11. The van der Waals surface area contributed by atoms with Gasteiger partial charge in [0.25, 0.3) is 0 Å². The molecular weight excluding hydrogens is 354 g/mol. The summed E-state index contributed by atoms with van der Waals surface area (Å²) in [5.74, 6) is 0.977. The number of hydrogen-bond acceptors (Lipinski definition) is 3. The van der Waals surface area contributed by atoms with Gasteiger partial charge in [0.2, 0.25) is 11.8 Å². The molecule has 2 aromatic rings. The number of carbonyl (C=O) groups is 2. The van der Waals surface area contributed by atoms with Crippen LogP contribution >= 0.6 is 0 Å². The van der Waals surface area contributed by atoms with Gasteiger partial charge in [-0.3, -0.25) is 9.59 Å². The molecule has 2 amide bonds. The summed E-state index contributed by atoms with van der Waals surface area (Å²) in [6.07, 6.45) is 4.34. The van der Waals surface area contributed by atoms with Crippen LogP contribution in [0.5, 0.6) is 5.75 Å². The molecular formula is C22H25N3O3. The lowest BCUT2D eigenvalue weighted by molar-refractivity contribution is -0.162. The molecule has 28 heavy (non-hydrogen) atoms. The molecule has 1 N–H and O–H groups in total. The van der Waals surface area contributed by atoms with Crippen molar-refractivity contribution in [2.24, 2.45) is 0 Å². The average Bonchev–Trinajstić information content (AvgIpc) is 3.30. The number of rotatable bonds is 2. The molecule has 146 valence electrons. The zero-order valence-corrected chi connectivity index (χ0v) is 16.5. The van der Waals surface area contributed by atoms with E-state index in [1.165, 1.54) is 0 Å². The second-order valence-corrected chi connectivity index (χ2v) is 8.27. The molecule has 2 fully saturated rings. The summed E-state index contributed by atoms with van der Waals surface area (Å²) < 4.78 is 5.37. The van der Waals surface area contributed by atoms with E-state index in [4.69, 9.17) is 4.74 Å². The first kappa shape index (κ1) is 17.3. The van der Waals surface area contributed by atoms with E-state index in [2.05, 4.69) is 11.1 Å². The lowest BCUT2D eigenvalue weighted by atomic mass is 9.87. The van der Waals surface area contributed by atoms with Crippen LogP contribution in [0.2, 0.25) is 0 Å². The molecule has 6 nitrogen and oxygen atoms in total. The van der Waals surface area contributed by atoms with Gasteiger partial charge in [0.1, 0.15) is 17.8 Å². The van der Waals surface area contributed by atoms with Crippen LogP contribution in [0.15, 0.2) is 29.8 Å². The second kappa shape index (κ2) is 6.12. The SMILES string of the molecule is COc1ccc2c3c([nH]c2c1)[C@H](C=C(C)C)N1C(=O)[C@H]2CCCN2C(=O)[C@H]1C3. The van der Waals surface area contributed by atoms with E-state index >= 15 is 0 Å². The minimum Gasteiger partial charge on any atom is -0.497 e. The number of carbonyl (C=O) groups excluding carboxylic acids is 2. The third kappa shape index (κ3) is 2.33. The molecule has 0 aliphatic carbocycles. The van der Waals surface area contributed by atoms with Gasteiger partial charge in [-0.15, -0.1) is 0 Å². The first-order valence-corrected chi connectivity index (χ1v) is 9.95. The maximum atomic E-state index is 13.4. The van der Waals surface area contributed by atoms with Crippen LogP contribution in [0.25, 0.3) is 10.9 Å². The zero-order chi connectivity index (χ0) is 19.6. The van der Waals surface area contributed by atoms with Crippen LogP contribution in [0, 0.1) is 0 Å². The fourth-order valence-corrected chi connectivity index (χ4v) is 5.11. The van der Waals surface area contributed by atoms with Crippen molar-refractivity contribution < 1.29 is 14.3 Å². The number of H-pyrrole nitrogens is 1. The number of allylic oxidation sites excluding steroid dienone is 1. The highest BCUT2D eigenvalue weighted by molar-refractivity contribution is 5.99. The lowest BCUT2D eigenvalue weighted by Gasteiger charge is -2.47. The quantitative estimate of drug-likeness (QED) is 0.816. The van der Waals surface area contributed by atoms with Gasteiger partial charge < -0.3 is 19.5 Å². The Balaban J connectivity index is 1.70. The van der Waals surface area contributed by atoms with E-state index in [1.807, 2.05) is 41.8 Å². The molecule has 6 heteroatoms. The topological polar surface area (TPSA) is 65.6 Å². The number of nitrogens with zero attached hydrogens (tertiary/aromatic N) is 2. The number of ether oxygens (including phenoxy) is 1. The molecule has 3 atom stereocenters. The van der Waals surface area contributed by atoms with Crippen molar-refractivity contribution >= 4 is 22.7 Å². The van der Waals surface area contributed by atoms with Crippen LogP contribution < -0.4 is 4.74 Å². The number of piperazine rings is 1. The van der Waals surface area contributed by atoms with Crippen molar-refractivity contribution in [3.8, 4) is 5.75 Å². The summed E-state index contributed by atoms with van der Waals surface area (Å²) in [5, 5.41) is 1.10. The highest BCUT2D eigenvalue weighted by Gasteiger charge is 2.52. The first-order valence-electron chi connectivity index (χ1n) is 9.95. The van der Waals surface area contributed by atoms with Crippen LogP contribution in [0.3, 0.4) is 0 Å². The number of nitrogens with one attached hydrogen (secondary N) is 1. The number of methoxy groups -OCH3 is 1. The van der Waals surface area contributed by atoms with Gasteiger partial charge in [0, 0.05) is 35.6 Å². The van der Waals surface area contributed by atoms with Crippen LogP contribution in [0.4, 0.5) is 0 Å². The maximum absolute atomic E-state index is 13.4. The molecule has 5 rings (SSSR count). The summed E-state index contributed by atoms with van der Waals surface area (Å²) in [7, 11) is 1.65. The van der Waals surface area contributed by atoms with E-state index in [1.54, 1.807) is 7.11 Å². The van der Waals surface area contributed by atoms with Gasteiger partial charge in [-0.2, -0.15) is 0 Å². The third-order valence-corrected chi connectivity index (χ3v) is 6.33. The number of aromatic nitrogens is 1. The van der Waals surface area contributed by atoms with Crippen molar-refractivity contribution in [3.05, 3.63) is 41.1 Å². The molecule has 0 bridgehead atoms. The Bertz CT molecular complexity index is 1020. The smallest absolute Gasteiger partial charge is 0.246 e. The van der Waals surface area contributed by atoms with E-state index in [0.717, 1.165) is 46.3 Å². The van der Waals surface area contributed by atoms with Crippen molar-refractivity contribution in [2.45, 2.75) is 51.2 Å². The monoisotopic (exact) mass is 379 g/mol. The molecule has 0 radical (unpaired) electrons. The number of fused-ring (bicyclic) bond motifs is 5. The molecule has 1 aromatic heterocycles. The van der Waals surface area contributed by atoms with Gasteiger partial charge in [-0.25, -0.2) is 0 Å². The van der Waals surface area contributed by atoms with E-state index < -0.39 is 6.04 Å². The van der Waals surface area contributed by atoms with Gasteiger partial charge in [0.05, 0.1) is 13.2 Å². The van der Waals surface area contributed by atoms with Gasteiger partial charge in [0.15, 0.2) is 0 Å². The van der Waals surface area contributed by atoms with Gasteiger partial charge in [-0.05, 0) is 44.4 Å². The highest BCUT2D eigenvalue weighted by Crippen LogP contribution is 2.43. The summed E-state index contributed by atoms with van der Waals surface area (Å²) in [6.45, 7) is 4.77. The Morgan fingerprint density at radius 3 is 2.79 bits per heavy atom.